The van der Waals surface area contributed by atoms with Crippen LogP contribution in [0.1, 0.15) is 6.92 Å². The summed E-state index contributed by atoms with van der Waals surface area (Å²) < 4.78 is 3.69. The zero-order valence-corrected chi connectivity index (χ0v) is 6.30. The van der Waals surface area contributed by atoms with Crippen molar-refractivity contribution < 1.29 is 5.21 Å². The van der Waals surface area contributed by atoms with Crippen molar-refractivity contribution in [3.05, 3.63) is 0 Å². The van der Waals surface area contributed by atoms with Gasteiger partial charge in [0.2, 0.25) is 11.1 Å². The van der Waals surface area contributed by atoms with Crippen LogP contribution in [0.3, 0.4) is 0 Å². The minimum Gasteiger partial charge on any atom is -0.367 e. The highest BCUT2D eigenvalue weighted by molar-refractivity contribution is 7.09. The molecule has 0 aliphatic heterocycles. The molecule has 0 amide bonds. The second-order valence-corrected chi connectivity index (χ2v) is 2.38. The molecule has 0 aromatic carbocycles. The second-order valence-electron chi connectivity index (χ2n) is 1.65. The average molecular weight is 160 g/mol. The molecule has 1 aromatic rings. The Labute approximate surface area is 62.2 Å². The maximum absolute atomic E-state index is 9.03. The second kappa shape index (κ2) is 2.80. The number of hydrogen-bond donors (Lipinski definition) is 2. The third-order valence-corrected chi connectivity index (χ3v) is 1.70. The van der Waals surface area contributed by atoms with E-state index in [1.807, 2.05) is 0 Å². The molecule has 1 heterocycles. The lowest BCUT2D eigenvalue weighted by Gasteiger charge is -2.07. The van der Waals surface area contributed by atoms with Crippen molar-refractivity contribution in [3.63, 3.8) is 0 Å². The molecule has 5 nitrogen and oxygen atoms in total. The van der Waals surface area contributed by atoms with Gasteiger partial charge in [-0.1, -0.05) is 0 Å². The van der Waals surface area contributed by atoms with E-state index in [1.54, 1.807) is 6.92 Å². The Morgan fingerprint density at radius 1 is 1.80 bits per heavy atom. The number of nitrogens with two attached hydrogens (primary N) is 1. The third-order valence-electron chi connectivity index (χ3n) is 0.951. The van der Waals surface area contributed by atoms with Gasteiger partial charge >= 0.3 is 0 Å². The Bertz CT molecular complexity index is 213. The number of hydrogen-bond acceptors (Lipinski definition) is 6. The molecular weight excluding hydrogens is 152 g/mol. The maximum Gasteiger partial charge on any atom is 0.233 e. The standard InChI is InChI=1S/C4H8N4OS/c1-2-8(9)4-6-3(5)7-10-4/h9H,2H2,1H3,(H2,5,7). The van der Waals surface area contributed by atoms with E-state index in [1.165, 1.54) is 0 Å². The maximum atomic E-state index is 9.03. The van der Waals surface area contributed by atoms with Crippen molar-refractivity contribution in [2.75, 3.05) is 17.3 Å². The number of anilines is 2. The van der Waals surface area contributed by atoms with E-state index in [0.717, 1.165) is 16.6 Å². The molecule has 0 saturated heterocycles. The summed E-state index contributed by atoms with van der Waals surface area (Å²) in [6, 6.07) is 0. The molecule has 1 aromatic heterocycles. The fraction of sp³-hybridized carbons (Fsp3) is 0.500. The Balaban J connectivity index is 2.74. The number of nitrogens with zero attached hydrogens (tertiary/aromatic N) is 3. The molecule has 0 aliphatic carbocycles. The highest BCUT2D eigenvalue weighted by Crippen LogP contribution is 2.15. The number of nitrogen functional groups attached to an aromatic ring is 1. The van der Waals surface area contributed by atoms with E-state index in [9.17, 15) is 0 Å². The third kappa shape index (κ3) is 1.34. The molecular formula is C4H8N4OS. The van der Waals surface area contributed by atoms with Gasteiger partial charge in [-0.05, 0) is 6.92 Å². The molecule has 0 aliphatic rings. The SMILES string of the molecule is CCN(O)c1nc(N)ns1. The number of hydroxylamine groups is 1. The summed E-state index contributed by atoms with van der Waals surface area (Å²) in [5.41, 5.74) is 5.22. The van der Waals surface area contributed by atoms with Gasteiger partial charge in [0.05, 0.1) is 0 Å². The first-order valence-electron chi connectivity index (χ1n) is 2.79. The lowest BCUT2D eigenvalue weighted by atomic mass is 10.7. The van der Waals surface area contributed by atoms with Gasteiger partial charge in [-0.2, -0.15) is 9.36 Å². The van der Waals surface area contributed by atoms with Gasteiger partial charge in [0.25, 0.3) is 0 Å². The fourth-order valence-corrected chi connectivity index (χ4v) is 1.04. The van der Waals surface area contributed by atoms with Crippen LogP contribution in [0.15, 0.2) is 0 Å². The van der Waals surface area contributed by atoms with Crippen LogP contribution < -0.4 is 10.8 Å². The van der Waals surface area contributed by atoms with E-state index in [-0.39, 0.29) is 5.95 Å². The van der Waals surface area contributed by atoms with Crippen molar-refractivity contribution in [2.45, 2.75) is 6.92 Å². The van der Waals surface area contributed by atoms with E-state index in [0.29, 0.717) is 11.7 Å². The fourth-order valence-electron chi connectivity index (χ4n) is 0.467. The van der Waals surface area contributed by atoms with Crippen LogP contribution in [-0.2, 0) is 0 Å². The van der Waals surface area contributed by atoms with E-state index in [2.05, 4.69) is 9.36 Å². The topological polar surface area (TPSA) is 75.3 Å². The summed E-state index contributed by atoms with van der Waals surface area (Å²) in [5.74, 6) is 0.201. The highest BCUT2D eigenvalue weighted by atomic mass is 32.1. The largest absolute Gasteiger partial charge is 0.367 e. The Hall–Kier alpha value is -0.880. The van der Waals surface area contributed by atoms with Crippen molar-refractivity contribution in [2.24, 2.45) is 0 Å². The zero-order chi connectivity index (χ0) is 7.56. The summed E-state index contributed by atoms with van der Waals surface area (Å²) in [6.45, 7) is 2.28. The minimum absolute atomic E-state index is 0.201. The Morgan fingerprint density at radius 3 is 2.90 bits per heavy atom. The zero-order valence-electron chi connectivity index (χ0n) is 5.48. The van der Waals surface area contributed by atoms with Gasteiger partial charge in [0, 0.05) is 18.1 Å². The first-order chi connectivity index (χ1) is 4.74. The molecule has 56 valence electrons. The van der Waals surface area contributed by atoms with Crippen LogP contribution in [0.4, 0.5) is 11.1 Å². The van der Waals surface area contributed by atoms with Crippen molar-refractivity contribution >= 4 is 22.6 Å². The van der Waals surface area contributed by atoms with Gasteiger partial charge in [0.15, 0.2) is 0 Å². The minimum atomic E-state index is 0.201. The molecule has 0 fully saturated rings. The van der Waals surface area contributed by atoms with Gasteiger partial charge < -0.3 is 5.73 Å². The van der Waals surface area contributed by atoms with Gasteiger partial charge in [0.1, 0.15) is 0 Å². The lowest BCUT2D eigenvalue weighted by Crippen LogP contribution is -2.16. The molecule has 6 heteroatoms. The smallest absolute Gasteiger partial charge is 0.233 e. The van der Waals surface area contributed by atoms with Gasteiger partial charge in [-0.15, -0.1) is 0 Å². The van der Waals surface area contributed by atoms with Gasteiger partial charge in [-0.25, -0.2) is 5.06 Å². The summed E-state index contributed by atoms with van der Waals surface area (Å²) >= 11 is 1.07. The van der Waals surface area contributed by atoms with E-state index < -0.39 is 0 Å². The summed E-state index contributed by atoms with van der Waals surface area (Å²) in [7, 11) is 0. The molecule has 1 rings (SSSR count). The van der Waals surface area contributed by atoms with Crippen LogP contribution in [0, 0.1) is 0 Å². The highest BCUT2D eigenvalue weighted by Gasteiger charge is 2.04. The van der Waals surface area contributed by atoms with E-state index >= 15 is 0 Å². The lowest BCUT2D eigenvalue weighted by molar-refractivity contribution is 0.260. The Kier molecular flexibility index (Phi) is 2.03. The molecule has 0 atom stereocenters. The molecule has 0 radical (unpaired) electrons. The first kappa shape index (κ1) is 7.23. The van der Waals surface area contributed by atoms with Gasteiger partial charge in [-0.3, -0.25) is 5.21 Å². The molecule has 0 unspecified atom stereocenters. The average Bonchev–Trinajstić information content (AvgIpc) is 2.34. The van der Waals surface area contributed by atoms with Crippen molar-refractivity contribution in [3.8, 4) is 0 Å². The number of aromatic nitrogens is 2. The number of rotatable bonds is 2. The molecule has 0 saturated carbocycles. The van der Waals surface area contributed by atoms with Crippen molar-refractivity contribution in [1.82, 2.24) is 9.36 Å². The summed E-state index contributed by atoms with van der Waals surface area (Å²) in [5, 5.41) is 10.5. The Morgan fingerprint density at radius 2 is 2.50 bits per heavy atom. The summed E-state index contributed by atoms with van der Waals surface area (Å²) in [4.78, 5) is 3.74. The molecule has 10 heavy (non-hydrogen) atoms. The van der Waals surface area contributed by atoms with Crippen LogP contribution >= 0.6 is 11.5 Å². The van der Waals surface area contributed by atoms with Crippen LogP contribution in [0.25, 0.3) is 0 Å². The monoisotopic (exact) mass is 160 g/mol. The predicted molar refractivity (Wildman–Crippen MR) is 39.1 cm³/mol. The van der Waals surface area contributed by atoms with Crippen LogP contribution in [0.2, 0.25) is 0 Å². The quantitative estimate of drug-likeness (QED) is 0.610. The molecule has 0 bridgehead atoms. The van der Waals surface area contributed by atoms with Crippen LogP contribution in [-0.4, -0.2) is 21.1 Å². The van der Waals surface area contributed by atoms with E-state index in [4.69, 9.17) is 10.9 Å². The predicted octanol–water partition coefficient (Wildman–Crippen LogP) is 0.336. The molecule has 0 spiro atoms. The summed E-state index contributed by atoms with van der Waals surface area (Å²) in [6.07, 6.45) is 0. The normalized spacial score (nSPS) is 9.80. The first-order valence-corrected chi connectivity index (χ1v) is 3.57. The molecule has 3 N–H and O–H groups in total. The van der Waals surface area contributed by atoms with Crippen molar-refractivity contribution in [1.29, 1.82) is 0 Å². The van der Waals surface area contributed by atoms with Crippen LogP contribution in [0.5, 0.6) is 0 Å².